The van der Waals surface area contributed by atoms with Gasteiger partial charge in [0.2, 0.25) is 0 Å². The smallest absolute Gasteiger partial charge is 0.410 e. The van der Waals surface area contributed by atoms with Crippen LogP contribution in [0.2, 0.25) is 5.02 Å². The first-order valence-electron chi connectivity index (χ1n) is 7.14. The first-order valence-corrected chi connectivity index (χ1v) is 7.52. The zero-order valence-electron chi connectivity index (χ0n) is 12.9. The number of carbonyl (C=O) groups is 2. The highest BCUT2D eigenvalue weighted by Crippen LogP contribution is 2.25. The second kappa shape index (κ2) is 6.24. The lowest BCUT2D eigenvalue weighted by Gasteiger charge is -2.24. The highest BCUT2D eigenvalue weighted by atomic mass is 35.5. The van der Waals surface area contributed by atoms with Crippen molar-refractivity contribution < 1.29 is 18.7 Å². The van der Waals surface area contributed by atoms with E-state index < -0.39 is 17.5 Å². The lowest BCUT2D eigenvalue weighted by Crippen LogP contribution is -2.35. The monoisotopic (exact) mass is 327 g/mol. The molecular formula is C16H19ClFNO3. The maximum atomic E-state index is 13.2. The third-order valence-corrected chi connectivity index (χ3v) is 3.70. The number of rotatable bonds is 2. The normalized spacial score (nSPS) is 18.4. The summed E-state index contributed by atoms with van der Waals surface area (Å²) in [4.78, 5) is 25.9. The van der Waals surface area contributed by atoms with Crippen molar-refractivity contribution in [3.63, 3.8) is 0 Å². The molecular weight excluding hydrogens is 309 g/mol. The minimum absolute atomic E-state index is 0.0761. The minimum atomic E-state index is -0.566. The second-order valence-electron chi connectivity index (χ2n) is 6.41. The summed E-state index contributed by atoms with van der Waals surface area (Å²) in [6, 6.07) is 3.92. The number of ketones is 1. The van der Waals surface area contributed by atoms with Crippen LogP contribution in [0.3, 0.4) is 0 Å². The first-order chi connectivity index (χ1) is 10.2. The molecule has 1 fully saturated rings. The summed E-state index contributed by atoms with van der Waals surface area (Å²) in [6.07, 6.45) is 0.146. The Hall–Kier alpha value is -1.62. The van der Waals surface area contributed by atoms with Crippen LogP contribution in [-0.4, -0.2) is 35.5 Å². The van der Waals surface area contributed by atoms with Gasteiger partial charge in [-0.3, -0.25) is 4.79 Å². The molecule has 4 nitrogen and oxygen atoms in total. The number of ether oxygens (including phenoxy) is 1. The number of benzene rings is 1. The van der Waals surface area contributed by atoms with E-state index in [2.05, 4.69) is 0 Å². The Kier molecular flexibility index (Phi) is 4.75. The quantitative estimate of drug-likeness (QED) is 0.773. The highest BCUT2D eigenvalue weighted by Gasteiger charge is 2.33. The number of hydrogen-bond donors (Lipinski definition) is 0. The Morgan fingerprint density at radius 3 is 2.64 bits per heavy atom. The van der Waals surface area contributed by atoms with E-state index in [0.29, 0.717) is 25.1 Å². The molecule has 1 aromatic carbocycles. The molecule has 0 aliphatic carbocycles. The third kappa shape index (κ3) is 3.97. The van der Waals surface area contributed by atoms with Crippen LogP contribution in [0, 0.1) is 11.7 Å². The fourth-order valence-corrected chi connectivity index (χ4v) is 2.53. The topological polar surface area (TPSA) is 46.6 Å². The predicted molar refractivity (Wildman–Crippen MR) is 81.7 cm³/mol. The molecule has 0 radical (unpaired) electrons. The predicted octanol–water partition coefficient (Wildman–Crippen LogP) is 3.92. The van der Waals surface area contributed by atoms with Gasteiger partial charge in [0, 0.05) is 24.6 Å². The third-order valence-electron chi connectivity index (χ3n) is 3.41. The lowest BCUT2D eigenvalue weighted by molar-refractivity contribution is 0.0289. The van der Waals surface area contributed by atoms with Gasteiger partial charge in [0.1, 0.15) is 11.4 Å². The van der Waals surface area contributed by atoms with Crippen LogP contribution >= 0.6 is 11.6 Å². The molecule has 1 aliphatic heterocycles. The van der Waals surface area contributed by atoms with Crippen molar-refractivity contribution in [2.75, 3.05) is 13.1 Å². The summed E-state index contributed by atoms with van der Waals surface area (Å²) < 4.78 is 18.4. The zero-order valence-corrected chi connectivity index (χ0v) is 13.6. The van der Waals surface area contributed by atoms with Crippen molar-refractivity contribution in [1.29, 1.82) is 0 Å². The molecule has 0 N–H and O–H groups in total. The van der Waals surface area contributed by atoms with Gasteiger partial charge in [-0.15, -0.1) is 0 Å². The summed E-state index contributed by atoms with van der Waals surface area (Å²) >= 11 is 5.70. The average molecular weight is 328 g/mol. The Balaban J connectivity index is 2.02. The Labute approximate surface area is 134 Å². The molecule has 0 saturated carbocycles. The SMILES string of the molecule is CC(C)(C)OC(=O)N1CC[C@@H](C(=O)c2ccc(F)c(Cl)c2)C1. The molecule has 1 atom stereocenters. The van der Waals surface area contributed by atoms with Gasteiger partial charge in [0.15, 0.2) is 5.78 Å². The molecule has 0 bridgehead atoms. The van der Waals surface area contributed by atoms with Crippen molar-refractivity contribution in [2.24, 2.45) is 5.92 Å². The Bertz CT molecular complexity index is 598. The van der Waals surface area contributed by atoms with Crippen LogP contribution in [0.1, 0.15) is 37.6 Å². The van der Waals surface area contributed by atoms with Crippen LogP contribution in [0.4, 0.5) is 9.18 Å². The molecule has 22 heavy (non-hydrogen) atoms. The van der Waals surface area contributed by atoms with Gasteiger partial charge >= 0.3 is 6.09 Å². The maximum Gasteiger partial charge on any atom is 0.410 e. The van der Waals surface area contributed by atoms with Crippen molar-refractivity contribution in [1.82, 2.24) is 4.90 Å². The molecule has 1 aromatic rings. The Morgan fingerprint density at radius 2 is 2.05 bits per heavy atom. The van der Waals surface area contributed by atoms with Gasteiger partial charge in [-0.2, -0.15) is 0 Å². The van der Waals surface area contributed by atoms with E-state index in [9.17, 15) is 14.0 Å². The van der Waals surface area contributed by atoms with Gasteiger partial charge in [0.25, 0.3) is 0 Å². The summed E-state index contributed by atoms with van der Waals surface area (Å²) in [6.45, 7) is 6.17. The van der Waals surface area contributed by atoms with E-state index in [1.54, 1.807) is 20.8 Å². The summed E-state index contributed by atoms with van der Waals surface area (Å²) in [7, 11) is 0. The van der Waals surface area contributed by atoms with Gasteiger partial charge in [-0.25, -0.2) is 9.18 Å². The lowest BCUT2D eigenvalue weighted by atomic mass is 9.97. The van der Waals surface area contributed by atoms with Gasteiger partial charge in [0.05, 0.1) is 5.02 Å². The van der Waals surface area contributed by atoms with Gasteiger partial charge in [-0.1, -0.05) is 11.6 Å². The first kappa shape index (κ1) is 16.7. The van der Waals surface area contributed by atoms with E-state index in [1.165, 1.54) is 23.1 Å². The van der Waals surface area contributed by atoms with Crippen molar-refractivity contribution in [3.05, 3.63) is 34.6 Å². The van der Waals surface area contributed by atoms with E-state index in [0.717, 1.165) is 0 Å². The maximum absolute atomic E-state index is 13.2. The van der Waals surface area contributed by atoms with E-state index in [-0.39, 0.29) is 16.7 Å². The van der Waals surface area contributed by atoms with E-state index in [4.69, 9.17) is 16.3 Å². The molecule has 1 amide bonds. The van der Waals surface area contributed by atoms with Crippen molar-refractivity contribution in [2.45, 2.75) is 32.8 Å². The van der Waals surface area contributed by atoms with Crippen LogP contribution in [0.15, 0.2) is 18.2 Å². The van der Waals surface area contributed by atoms with Gasteiger partial charge in [-0.05, 0) is 45.4 Å². The number of hydrogen-bond acceptors (Lipinski definition) is 3. The summed E-state index contributed by atoms with van der Waals surface area (Å²) in [5, 5.41) is -0.0761. The second-order valence-corrected chi connectivity index (χ2v) is 6.81. The van der Waals surface area contributed by atoms with Crippen LogP contribution in [0.5, 0.6) is 0 Å². The standard InChI is InChI=1S/C16H19ClFNO3/c1-16(2,3)22-15(21)19-7-6-11(9-19)14(20)10-4-5-13(18)12(17)8-10/h4-5,8,11H,6-7,9H2,1-3H3/t11-/m1/s1. The minimum Gasteiger partial charge on any atom is -0.444 e. The molecule has 120 valence electrons. The molecule has 6 heteroatoms. The molecule has 1 saturated heterocycles. The molecule has 2 rings (SSSR count). The van der Waals surface area contributed by atoms with Crippen LogP contribution < -0.4 is 0 Å². The van der Waals surface area contributed by atoms with Crippen molar-refractivity contribution in [3.8, 4) is 0 Å². The summed E-state index contributed by atoms with van der Waals surface area (Å²) in [5.41, 5.74) is -0.202. The van der Waals surface area contributed by atoms with Crippen molar-refractivity contribution >= 4 is 23.5 Å². The van der Waals surface area contributed by atoms with Gasteiger partial charge < -0.3 is 9.64 Å². The molecule has 0 spiro atoms. The molecule has 1 aliphatic rings. The fraction of sp³-hybridized carbons (Fsp3) is 0.500. The number of Topliss-reactive ketones (excluding diaryl/α,β-unsaturated/α-hetero) is 1. The number of likely N-dealkylation sites (tertiary alicyclic amines) is 1. The number of halogens is 2. The molecule has 1 heterocycles. The highest BCUT2D eigenvalue weighted by molar-refractivity contribution is 6.31. The Morgan fingerprint density at radius 1 is 1.36 bits per heavy atom. The molecule has 0 aromatic heterocycles. The number of nitrogens with zero attached hydrogens (tertiary/aromatic N) is 1. The largest absolute Gasteiger partial charge is 0.444 e. The summed E-state index contributed by atoms with van der Waals surface area (Å²) in [5.74, 6) is -0.998. The number of amides is 1. The average Bonchev–Trinajstić information content (AvgIpc) is 2.89. The van der Waals surface area contributed by atoms with E-state index in [1.807, 2.05) is 0 Å². The zero-order chi connectivity index (χ0) is 16.5. The number of carbonyl (C=O) groups excluding carboxylic acids is 2. The molecule has 0 unspecified atom stereocenters. The van der Waals surface area contributed by atoms with Crippen LogP contribution in [0.25, 0.3) is 0 Å². The fourth-order valence-electron chi connectivity index (χ4n) is 2.35. The van der Waals surface area contributed by atoms with Crippen LogP contribution in [-0.2, 0) is 4.74 Å². The van der Waals surface area contributed by atoms with E-state index >= 15 is 0 Å².